The smallest absolute Gasteiger partial charge is 0.272 e. The van der Waals surface area contributed by atoms with Gasteiger partial charge in [-0.15, -0.1) is 0 Å². The number of ether oxygens (including phenoxy) is 4. The molecule has 8 heteroatoms. The predicted molar refractivity (Wildman–Crippen MR) is 110 cm³/mol. The van der Waals surface area contributed by atoms with Crippen molar-refractivity contribution in [2.45, 2.75) is 6.54 Å². The number of amides is 1. The number of carbonyl (C=O) groups excluding carboxylic acids is 1. The van der Waals surface area contributed by atoms with Crippen LogP contribution in [-0.4, -0.2) is 38.1 Å². The summed E-state index contributed by atoms with van der Waals surface area (Å²) in [6.07, 6.45) is 3.16. The van der Waals surface area contributed by atoms with Crippen LogP contribution < -0.4 is 19.0 Å². The molecule has 0 atom stereocenters. The minimum atomic E-state index is -0.340. The van der Waals surface area contributed by atoms with Crippen LogP contribution in [0.2, 0.25) is 0 Å². The van der Waals surface area contributed by atoms with E-state index in [0.29, 0.717) is 29.5 Å². The van der Waals surface area contributed by atoms with Gasteiger partial charge >= 0.3 is 0 Å². The van der Waals surface area contributed by atoms with E-state index in [1.165, 1.54) is 17.4 Å². The van der Waals surface area contributed by atoms with Crippen LogP contribution in [-0.2, 0) is 16.1 Å². The molecule has 0 unspecified atom stereocenters. The second-order valence-electron chi connectivity index (χ2n) is 6.26. The van der Waals surface area contributed by atoms with Gasteiger partial charge in [0.2, 0.25) is 6.79 Å². The standard InChI is InChI=1S/C21H20N2O5S/c1-25-10-9-23-16-6-5-15(26-2)12-19(16)29-21(23)22-20(24)8-4-14-3-7-17-18(11-14)28-13-27-17/h3-8,11-12H,9-10,13H2,1-2H3. The lowest BCUT2D eigenvalue weighted by Crippen LogP contribution is -2.18. The lowest BCUT2D eigenvalue weighted by molar-refractivity contribution is -0.113. The van der Waals surface area contributed by atoms with Crippen molar-refractivity contribution >= 4 is 33.5 Å². The third-order valence-corrected chi connectivity index (χ3v) is 5.47. The van der Waals surface area contributed by atoms with Gasteiger partial charge in [-0.2, -0.15) is 4.99 Å². The third kappa shape index (κ3) is 4.18. The zero-order valence-corrected chi connectivity index (χ0v) is 16.9. The predicted octanol–water partition coefficient (Wildman–Crippen LogP) is 3.23. The molecule has 0 bridgehead atoms. The maximum atomic E-state index is 12.5. The van der Waals surface area contributed by atoms with Crippen LogP contribution in [0.15, 0.2) is 47.5 Å². The molecule has 1 aliphatic rings. The number of thiazole rings is 1. The molecular formula is C21H20N2O5S. The summed E-state index contributed by atoms with van der Waals surface area (Å²) in [5.74, 6) is 1.80. The molecule has 1 aromatic heterocycles. The first-order chi connectivity index (χ1) is 14.2. The van der Waals surface area contributed by atoms with Crippen LogP contribution in [0.1, 0.15) is 5.56 Å². The summed E-state index contributed by atoms with van der Waals surface area (Å²) >= 11 is 1.44. The summed E-state index contributed by atoms with van der Waals surface area (Å²) in [7, 11) is 3.28. The first-order valence-electron chi connectivity index (χ1n) is 9.00. The molecule has 0 saturated heterocycles. The molecule has 1 amide bonds. The van der Waals surface area contributed by atoms with Crippen molar-refractivity contribution in [2.75, 3.05) is 27.6 Å². The Kier molecular flexibility index (Phi) is 5.64. The minimum Gasteiger partial charge on any atom is -0.497 e. The summed E-state index contributed by atoms with van der Waals surface area (Å²) < 4.78 is 24.1. The summed E-state index contributed by atoms with van der Waals surface area (Å²) in [6, 6.07) is 11.3. The summed E-state index contributed by atoms with van der Waals surface area (Å²) in [4.78, 5) is 17.4. The summed E-state index contributed by atoms with van der Waals surface area (Å²) in [6.45, 7) is 1.34. The van der Waals surface area contributed by atoms with Gasteiger partial charge in [0.05, 0.1) is 23.9 Å². The van der Waals surface area contributed by atoms with E-state index in [-0.39, 0.29) is 12.7 Å². The lowest BCUT2D eigenvalue weighted by atomic mass is 10.2. The number of aromatic nitrogens is 1. The van der Waals surface area contributed by atoms with Crippen molar-refractivity contribution in [3.63, 3.8) is 0 Å². The van der Waals surface area contributed by atoms with Crippen molar-refractivity contribution in [2.24, 2.45) is 4.99 Å². The fraction of sp³-hybridized carbons (Fsp3) is 0.238. The number of benzene rings is 2. The van der Waals surface area contributed by atoms with Gasteiger partial charge in [-0.25, -0.2) is 0 Å². The Hall–Kier alpha value is -3.10. The highest BCUT2D eigenvalue weighted by molar-refractivity contribution is 7.16. The SMILES string of the molecule is COCCn1c(=NC(=O)C=Cc2ccc3c(c2)OCO3)sc2cc(OC)ccc21. The van der Waals surface area contributed by atoms with Crippen LogP contribution in [0.3, 0.4) is 0 Å². The molecule has 0 fully saturated rings. The van der Waals surface area contributed by atoms with Crippen LogP contribution >= 0.6 is 11.3 Å². The van der Waals surface area contributed by atoms with Gasteiger partial charge in [0.15, 0.2) is 16.3 Å². The molecule has 2 aromatic carbocycles. The minimum absolute atomic E-state index is 0.217. The molecule has 0 saturated carbocycles. The highest BCUT2D eigenvalue weighted by atomic mass is 32.1. The molecule has 3 aromatic rings. The molecule has 0 N–H and O–H groups in total. The molecule has 0 radical (unpaired) electrons. The number of rotatable bonds is 6. The Morgan fingerprint density at radius 3 is 2.90 bits per heavy atom. The number of fused-ring (bicyclic) bond motifs is 2. The van der Waals surface area contributed by atoms with Crippen LogP contribution in [0.25, 0.3) is 16.3 Å². The Morgan fingerprint density at radius 2 is 2.07 bits per heavy atom. The van der Waals surface area contributed by atoms with Gasteiger partial charge < -0.3 is 23.5 Å². The van der Waals surface area contributed by atoms with Gasteiger partial charge in [0.1, 0.15) is 5.75 Å². The maximum absolute atomic E-state index is 12.5. The number of carbonyl (C=O) groups is 1. The normalized spacial score (nSPS) is 13.5. The fourth-order valence-electron chi connectivity index (χ4n) is 2.98. The Bertz CT molecular complexity index is 1150. The topological polar surface area (TPSA) is 71.3 Å². The van der Waals surface area contributed by atoms with Crippen molar-refractivity contribution in [3.8, 4) is 17.2 Å². The maximum Gasteiger partial charge on any atom is 0.272 e. The van der Waals surface area contributed by atoms with E-state index < -0.39 is 0 Å². The monoisotopic (exact) mass is 412 g/mol. The van der Waals surface area contributed by atoms with Crippen molar-refractivity contribution in [3.05, 3.63) is 52.8 Å². The average molecular weight is 412 g/mol. The molecule has 7 nitrogen and oxygen atoms in total. The Labute approximate surface area is 171 Å². The van der Waals surface area contributed by atoms with E-state index in [9.17, 15) is 4.79 Å². The van der Waals surface area contributed by atoms with Crippen molar-refractivity contribution in [1.82, 2.24) is 4.57 Å². The van der Waals surface area contributed by atoms with Crippen molar-refractivity contribution in [1.29, 1.82) is 0 Å². The van der Waals surface area contributed by atoms with Gasteiger partial charge in [-0.1, -0.05) is 17.4 Å². The first kappa shape index (κ1) is 19.2. The molecular weight excluding hydrogens is 392 g/mol. The van der Waals surface area contributed by atoms with Crippen LogP contribution in [0.4, 0.5) is 0 Å². The van der Waals surface area contributed by atoms with Gasteiger partial charge in [0.25, 0.3) is 5.91 Å². The molecule has 150 valence electrons. The molecule has 0 aliphatic carbocycles. The van der Waals surface area contributed by atoms with E-state index in [1.54, 1.807) is 20.3 Å². The largest absolute Gasteiger partial charge is 0.497 e. The quantitative estimate of drug-likeness (QED) is 0.582. The van der Waals surface area contributed by atoms with E-state index >= 15 is 0 Å². The van der Waals surface area contributed by atoms with Crippen LogP contribution in [0.5, 0.6) is 17.2 Å². The second kappa shape index (κ2) is 8.50. The van der Waals surface area contributed by atoms with E-state index in [1.807, 2.05) is 41.0 Å². The number of hydrogen-bond acceptors (Lipinski definition) is 6. The highest BCUT2D eigenvalue weighted by Crippen LogP contribution is 2.32. The Balaban J connectivity index is 1.64. The molecule has 4 rings (SSSR count). The van der Waals surface area contributed by atoms with Gasteiger partial charge in [-0.05, 0) is 42.0 Å². The van der Waals surface area contributed by atoms with E-state index in [4.69, 9.17) is 18.9 Å². The molecule has 1 aliphatic heterocycles. The van der Waals surface area contributed by atoms with E-state index in [2.05, 4.69) is 4.99 Å². The number of hydrogen-bond donors (Lipinski definition) is 0. The number of nitrogens with zero attached hydrogens (tertiary/aromatic N) is 2. The fourth-order valence-corrected chi connectivity index (χ4v) is 4.07. The molecule has 29 heavy (non-hydrogen) atoms. The molecule has 2 heterocycles. The van der Waals surface area contributed by atoms with E-state index in [0.717, 1.165) is 21.5 Å². The molecule has 0 spiro atoms. The number of methoxy groups -OCH3 is 2. The summed E-state index contributed by atoms with van der Waals surface area (Å²) in [5.41, 5.74) is 1.82. The van der Waals surface area contributed by atoms with Crippen LogP contribution in [0, 0.1) is 0 Å². The Morgan fingerprint density at radius 1 is 1.21 bits per heavy atom. The highest BCUT2D eigenvalue weighted by Gasteiger charge is 2.12. The van der Waals surface area contributed by atoms with Crippen molar-refractivity contribution < 1.29 is 23.7 Å². The van der Waals surface area contributed by atoms with Gasteiger partial charge in [0, 0.05) is 19.7 Å². The lowest BCUT2D eigenvalue weighted by Gasteiger charge is -2.04. The van der Waals surface area contributed by atoms with Gasteiger partial charge in [-0.3, -0.25) is 4.79 Å². The zero-order valence-electron chi connectivity index (χ0n) is 16.1. The average Bonchev–Trinajstić information content (AvgIpc) is 3.33. The second-order valence-corrected chi connectivity index (χ2v) is 7.27. The third-order valence-electron chi connectivity index (χ3n) is 4.43. The first-order valence-corrected chi connectivity index (χ1v) is 9.82. The zero-order chi connectivity index (χ0) is 20.2. The summed E-state index contributed by atoms with van der Waals surface area (Å²) in [5, 5.41) is 0.